The minimum atomic E-state index is 0.325. The standard InChI is InChI=1S/C15H21N3/c1-4-18-13(3)15(11-17-18)12(2)16-10-14-8-6-5-7-9-14/h5-9,11-12,16H,4,10H2,1-3H3. The summed E-state index contributed by atoms with van der Waals surface area (Å²) in [6, 6.07) is 10.8. The first-order chi connectivity index (χ1) is 8.72. The third-order valence-electron chi connectivity index (χ3n) is 3.36. The van der Waals surface area contributed by atoms with Gasteiger partial charge in [0.2, 0.25) is 0 Å². The molecule has 0 aliphatic rings. The topological polar surface area (TPSA) is 29.9 Å². The molecule has 1 heterocycles. The molecule has 1 unspecified atom stereocenters. The first-order valence-electron chi connectivity index (χ1n) is 6.52. The first kappa shape index (κ1) is 12.8. The summed E-state index contributed by atoms with van der Waals surface area (Å²) in [4.78, 5) is 0. The van der Waals surface area contributed by atoms with Crippen molar-refractivity contribution >= 4 is 0 Å². The average Bonchev–Trinajstić information content (AvgIpc) is 2.78. The van der Waals surface area contributed by atoms with Crippen molar-refractivity contribution < 1.29 is 0 Å². The second-order valence-corrected chi connectivity index (χ2v) is 4.59. The van der Waals surface area contributed by atoms with Crippen LogP contribution in [0.4, 0.5) is 0 Å². The maximum Gasteiger partial charge on any atom is 0.0540 e. The SMILES string of the molecule is CCn1ncc(C(C)NCc2ccccc2)c1C. The highest BCUT2D eigenvalue weighted by Crippen LogP contribution is 2.17. The van der Waals surface area contributed by atoms with Gasteiger partial charge in [-0.05, 0) is 26.3 Å². The number of benzene rings is 1. The van der Waals surface area contributed by atoms with Crippen LogP contribution in [-0.4, -0.2) is 9.78 Å². The van der Waals surface area contributed by atoms with Crippen molar-refractivity contribution in [1.82, 2.24) is 15.1 Å². The Kier molecular flexibility index (Phi) is 4.15. The molecule has 2 aromatic rings. The molecule has 0 aliphatic heterocycles. The molecule has 2 rings (SSSR count). The molecular formula is C15H21N3. The third kappa shape index (κ3) is 2.79. The Morgan fingerprint density at radius 3 is 2.61 bits per heavy atom. The predicted octanol–water partition coefficient (Wildman–Crippen LogP) is 3.06. The Labute approximate surface area is 109 Å². The van der Waals surface area contributed by atoms with Gasteiger partial charge in [0, 0.05) is 30.4 Å². The summed E-state index contributed by atoms with van der Waals surface area (Å²) in [6.45, 7) is 8.25. The molecule has 0 radical (unpaired) electrons. The molecule has 0 bridgehead atoms. The lowest BCUT2D eigenvalue weighted by Gasteiger charge is -2.14. The smallest absolute Gasteiger partial charge is 0.0540 e. The molecule has 1 aromatic heterocycles. The molecule has 0 saturated heterocycles. The van der Waals surface area contributed by atoms with Crippen molar-refractivity contribution in [3.05, 3.63) is 53.3 Å². The lowest BCUT2D eigenvalue weighted by atomic mass is 10.1. The van der Waals surface area contributed by atoms with Gasteiger partial charge in [-0.25, -0.2) is 0 Å². The van der Waals surface area contributed by atoms with Crippen molar-refractivity contribution in [3.8, 4) is 0 Å². The molecule has 0 amide bonds. The van der Waals surface area contributed by atoms with Crippen LogP contribution in [0.25, 0.3) is 0 Å². The monoisotopic (exact) mass is 243 g/mol. The minimum Gasteiger partial charge on any atom is -0.306 e. The lowest BCUT2D eigenvalue weighted by Crippen LogP contribution is -2.18. The summed E-state index contributed by atoms with van der Waals surface area (Å²) >= 11 is 0. The Bertz CT molecular complexity index is 488. The number of nitrogens with zero attached hydrogens (tertiary/aromatic N) is 2. The van der Waals surface area contributed by atoms with Crippen molar-refractivity contribution in [2.45, 2.75) is 39.9 Å². The summed E-state index contributed by atoms with van der Waals surface area (Å²) in [5.41, 5.74) is 3.85. The van der Waals surface area contributed by atoms with E-state index in [9.17, 15) is 0 Å². The quantitative estimate of drug-likeness (QED) is 0.874. The Morgan fingerprint density at radius 1 is 1.28 bits per heavy atom. The van der Waals surface area contributed by atoms with Crippen LogP contribution in [0.15, 0.2) is 36.5 Å². The average molecular weight is 243 g/mol. The molecule has 0 saturated carbocycles. The van der Waals surface area contributed by atoms with Crippen LogP contribution in [0.2, 0.25) is 0 Å². The molecule has 0 aliphatic carbocycles. The van der Waals surface area contributed by atoms with Crippen LogP contribution < -0.4 is 5.32 Å². The maximum absolute atomic E-state index is 4.39. The van der Waals surface area contributed by atoms with Crippen LogP contribution in [0.1, 0.15) is 36.7 Å². The molecule has 1 N–H and O–H groups in total. The highest BCUT2D eigenvalue weighted by Gasteiger charge is 2.11. The normalized spacial score (nSPS) is 12.6. The number of hydrogen-bond acceptors (Lipinski definition) is 2. The zero-order chi connectivity index (χ0) is 13.0. The van der Waals surface area contributed by atoms with E-state index in [0.717, 1.165) is 13.1 Å². The zero-order valence-electron chi connectivity index (χ0n) is 11.4. The van der Waals surface area contributed by atoms with Gasteiger partial charge in [0.15, 0.2) is 0 Å². The van der Waals surface area contributed by atoms with Crippen molar-refractivity contribution in [2.75, 3.05) is 0 Å². The summed E-state index contributed by atoms with van der Waals surface area (Å²) in [7, 11) is 0. The highest BCUT2D eigenvalue weighted by atomic mass is 15.3. The Hall–Kier alpha value is -1.61. The predicted molar refractivity (Wildman–Crippen MR) is 74.3 cm³/mol. The van der Waals surface area contributed by atoms with Gasteiger partial charge < -0.3 is 5.32 Å². The van der Waals surface area contributed by atoms with Crippen molar-refractivity contribution in [3.63, 3.8) is 0 Å². The molecule has 1 atom stereocenters. The van der Waals surface area contributed by atoms with E-state index in [2.05, 4.69) is 55.5 Å². The van der Waals surface area contributed by atoms with Crippen molar-refractivity contribution in [2.24, 2.45) is 0 Å². The lowest BCUT2D eigenvalue weighted by molar-refractivity contribution is 0.567. The van der Waals surface area contributed by atoms with Gasteiger partial charge >= 0.3 is 0 Å². The molecule has 1 aromatic carbocycles. The number of aryl methyl sites for hydroxylation is 1. The van der Waals surface area contributed by atoms with Crippen LogP contribution in [0.3, 0.4) is 0 Å². The highest BCUT2D eigenvalue weighted by molar-refractivity contribution is 5.21. The van der Waals surface area contributed by atoms with Crippen molar-refractivity contribution in [1.29, 1.82) is 0 Å². The number of nitrogens with one attached hydrogen (secondary N) is 1. The zero-order valence-corrected chi connectivity index (χ0v) is 11.4. The van der Waals surface area contributed by atoms with Crippen LogP contribution in [-0.2, 0) is 13.1 Å². The van der Waals surface area contributed by atoms with E-state index >= 15 is 0 Å². The summed E-state index contributed by atoms with van der Waals surface area (Å²) in [5, 5.41) is 7.93. The second-order valence-electron chi connectivity index (χ2n) is 4.59. The summed E-state index contributed by atoms with van der Waals surface area (Å²) < 4.78 is 2.04. The molecule has 3 nitrogen and oxygen atoms in total. The van der Waals surface area contributed by atoms with Gasteiger partial charge in [-0.3, -0.25) is 4.68 Å². The first-order valence-corrected chi connectivity index (χ1v) is 6.52. The van der Waals surface area contributed by atoms with Gasteiger partial charge in [0.25, 0.3) is 0 Å². The van der Waals surface area contributed by atoms with Crippen LogP contribution in [0, 0.1) is 6.92 Å². The van der Waals surface area contributed by atoms with E-state index in [1.165, 1.54) is 16.8 Å². The van der Waals surface area contributed by atoms with Crippen LogP contribution >= 0.6 is 0 Å². The largest absolute Gasteiger partial charge is 0.306 e. The van der Waals surface area contributed by atoms with Gasteiger partial charge in [-0.2, -0.15) is 5.10 Å². The fraction of sp³-hybridized carbons (Fsp3) is 0.400. The van der Waals surface area contributed by atoms with E-state index in [1.807, 2.05) is 16.9 Å². The van der Waals surface area contributed by atoms with Gasteiger partial charge in [-0.1, -0.05) is 30.3 Å². The Balaban J connectivity index is 1.99. The van der Waals surface area contributed by atoms with Gasteiger partial charge in [0.05, 0.1) is 6.20 Å². The minimum absolute atomic E-state index is 0.325. The van der Waals surface area contributed by atoms with E-state index < -0.39 is 0 Å². The Morgan fingerprint density at radius 2 is 2.00 bits per heavy atom. The molecule has 96 valence electrons. The molecule has 3 heteroatoms. The maximum atomic E-state index is 4.39. The fourth-order valence-electron chi connectivity index (χ4n) is 2.18. The van der Waals surface area contributed by atoms with E-state index in [0.29, 0.717) is 6.04 Å². The third-order valence-corrected chi connectivity index (χ3v) is 3.36. The summed E-state index contributed by atoms with van der Waals surface area (Å²) in [6.07, 6.45) is 1.97. The number of hydrogen-bond donors (Lipinski definition) is 1. The molecule has 0 spiro atoms. The van der Waals surface area contributed by atoms with E-state index in [-0.39, 0.29) is 0 Å². The fourth-order valence-corrected chi connectivity index (χ4v) is 2.18. The van der Waals surface area contributed by atoms with E-state index in [4.69, 9.17) is 0 Å². The van der Waals surface area contributed by atoms with Gasteiger partial charge in [-0.15, -0.1) is 0 Å². The second kappa shape index (κ2) is 5.83. The molecule has 0 fully saturated rings. The summed E-state index contributed by atoms with van der Waals surface area (Å²) in [5.74, 6) is 0. The van der Waals surface area contributed by atoms with Crippen LogP contribution in [0.5, 0.6) is 0 Å². The number of rotatable bonds is 5. The number of aromatic nitrogens is 2. The molecule has 18 heavy (non-hydrogen) atoms. The van der Waals surface area contributed by atoms with E-state index in [1.54, 1.807) is 0 Å². The molecular weight excluding hydrogens is 222 g/mol. The van der Waals surface area contributed by atoms with Gasteiger partial charge in [0.1, 0.15) is 0 Å².